The van der Waals surface area contributed by atoms with E-state index in [1.165, 1.54) is 35.0 Å². The van der Waals surface area contributed by atoms with Gasteiger partial charge < -0.3 is 9.64 Å². The fourth-order valence-electron chi connectivity index (χ4n) is 5.14. The second-order valence-corrected chi connectivity index (χ2v) is 12.8. The number of anilines is 1. The lowest BCUT2D eigenvalue weighted by atomic mass is 10.00. The van der Waals surface area contributed by atoms with Gasteiger partial charge in [-0.1, -0.05) is 0 Å². The molecule has 0 aliphatic carbocycles. The molecule has 4 rings (SSSR count). The molecule has 43 heavy (non-hydrogen) atoms. The van der Waals surface area contributed by atoms with Crippen LogP contribution in [0.1, 0.15) is 37.9 Å². The second-order valence-electron chi connectivity index (χ2n) is 10.9. The van der Waals surface area contributed by atoms with Crippen molar-refractivity contribution in [2.45, 2.75) is 44.6 Å². The van der Waals surface area contributed by atoms with Gasteiger partial charge in [0.25, 0.3) is 11.8 Å². The summed E-state index contributed by atoms with van der Waals surface area (Å²) in [7, 11) is -2.48. The molecule has 1 fully saturated rings. The van der Waals surface area contributed by atoms with Crippen LogP contribution in [-0.2, 0) is 25.8 Å². The minimum atomic E-state index is -4.54. The maximum Gasteiger partial charge on any atom is 0.416 e. The number of urea groups is 1. The number of fused-ring (bicyclic) bond motifs is 2. The molecule has 12 nitrogen and oxygen atoms in total. The van der Waals surface area contributed by atoms with Crippen molar-refractivity contribution in [2.24, 2.45) is 0 Å². The van der Waals surface area contributed by atoms with Gasteiger partial charge in [-0.25, -0.2) is 18.7 Å². The molecule has 234 valence electrons. The van der Waals surface area contributed by atoms with Crippen LogP contribution in [0, 0.1) is 0 Å². The summed E-state index contributed by atoms with van der Waals surface area (Å²) in [6.07, 6.45) is -3.60. The SMILES string of the molecule is CC1c2cc(ccc2Oc2ccc(C(F)(F)F)cc2)N(S(C)(=O)=O)C[C@@H](C(=O)NO)N1CCN1C(=O)N(C)C(C)(C)C1=O. The van der Waals surface area contributed by atoms with Crippen LogP contribution in [0.5, 0.6) is 11.5 Å². The lowest BCUT2D eigenvalue weighted by molar-refractivity contribution is -0.138. The zero-order valence-corrected chi connectivity index (χ0v) is 24.9. The molecule has 2 bridgehead atoms. The van der Waals surface area contributed by atoms with Crippen LogP contribution in [0.2, 0.25) is 0 Å². The van der Waals surface area contributed by atoms with Crippen molar-refractivity contribution in [2.75, 3.05) is 37.2 Å². The Morgan fingerprint density at radius 3 is 2.26 bits per heavy atom. The van der Waals surface area contributed by atoms with Crippen molar-refractivity contribution in [1.82, 2.24) is 20.2 Å². The van der Waals surface area contributed by atoms with Crippen LogP contribution >= 0.6 is 0 Å². The van der Waals surface area contributed by atoms with Gasteiger partial charge in [0, 0.05) is 31.7 Å². The van der Waals surface area contributed by atoms with E-state index in [2.05, 4.69) is 0 Å². The Balaban J connectivity index is 1.77. The Morgan fingerprint density at radius 1 is 1.12 bits per heavy atom. The minimum absolute atomic E-state index is 0.0703. The number of nitrogens with one attached hydrogen (secondary N) is 1. The van der Waals surface area contributed by atoms with Crippen LogP contribution < -0.4 is 14.5 Å². The highest BCUT2D eigenvalue weighted by molar-refractivity contribution is 7.92. The van der Waals surface area contributed by atoms with Crippen LogP contribution in [0.4, 0.5) is 23.7 Å². The van der Waals surface area contributed by atoms with Crippen molar-refractivity contribution in [3.8, 4) is 11.5 Å². The lowest BCUT2D eigenvalue weighted by Gasteiger charge is -2.41. The van der Waals surface area contributed by atoms with E-state index in [0.29, 0.717) is 5.56 Å². The Labute approximate surface area is 246 Å². The molecule has 2 aromatic rings. The molecular weight excluding hydrogens is 595 g/mol. The average Bonchev–Trinajstić information content (AvgIpc) is 3.07. The first-order chi connectivity index (χ1) is 19.9. The summed E-state index contributed by atoms with van der Waals surface area (Å²) in [6, 6.07) is 5.82. The molecule has 0 aromatic heterocycles. The summed E-state index contributed by atoms with van der Waals surface area (Å²) in [4.78, 5) is 42.7. The van der Waals surface area contributed by atoms with Gasteiger partial charge in [0.2, 0.25) is 10.0 Å². The van der Waals surface area contributed by atoms with Crippen LogP contribution in [-0.4, -0.2) is 90.7 Å². The van der Waals surface area contributed by atoms with Crippen LogP contribution in [0.15, 0.2) is 42.5 Å². The lowest BCUT2D eigenvalue weighted by Crippen LogP contribution is -2.56. The first-order valence-electron chi connectivity index (χ1n) is 13.1. The number of carbonyl (C=O) groups excluding carboxylic acids is 3. The summed E-state index contributed by atoms with van der Waals surface area (Å²) in [5.41, 5.74) is 0.142. The molecule has 2 aliphatic rings. The van der Waals surface area contributed by atoms with E-state index in [9.17, 15) is 41.2 Å². The van der Waals surface area contributed by atoms with Gasteiger partial charge in [0.15, 0.2) is 0 Å². The quantitative estimate of drug-likeness (QED) is 0.271. The molecule has 1 saturated heterocycles. The summed E-state index contributed by atoms with van der Waals surface area (Å²) >= 11 is 0. The van der Waals surface area contributed by atoms with Crippen LogP contribution in [0.25, 0.3) is 0 Å². The minimum Gasteiger partial charge on any atom is -0.457 e. The maximum absolute atomic E-state index is 13.1. The summed E-state index contributed by atoms with van der Waals surface area (Å²) in [5.74, 6) is -1.17. The molecule has 0 spiro atoms. The summed E-state index contributed by atoms with van der Waals surface area (Å²) in [6.45, 7) is 4.17. The Kier molecular flexibility index (Phi) is 8.43. The maximum atomic E-state index is 13.1. The number of rotatable bonds is 7. The van der Waals surface area contributed by atoms with Gasteiger partial charge in [0.05, 0.1) is 24.1 Å². The topological polar surface area (TPSA) is 140 Å². The number of imide groups is 1. The number of likely N-dealkylation sites (N-methyl/N-ethyl adjacent to an activating group) is 1. The molecule has 2 heterocycles. The number of ether oxygens (including phenoxy) is 1. The standard InChI is InChI=1S/C27H32F3N5O7S/c1-16-20-14-18(8-11-22(20)42-19-9-6-17(7-10-19)27(28,29)30)35(43(5,40)41)15-21(23(36)31-39)33(16)12-13-34-24(37)26(2,3)32(4)25(34)38/h6-11,14,16,21,39H,12-13,15H2,1-5H3,(H,31,36)/t16?,21-/m0/s1. The van der Waals surface area contributed by atoms with Crippen molar-refractivity contribution < 1.29 is 45.9 Å². The van der Waals surface area contributed by atoms with E-state index < -0.39 is 63.8 Å². The Bertz CT molecular complexity index is 1530. The van der Waals surface area contributed by atoms with Gasteiger partial charge in [-0.05, 0) is 63.2 Å². The van der Waals surface area contributed by atoms with E-state index in [1.807, 2.05) is 0 Å². The van der Waals surface area contributed by atoms with Crippen molar-refractivity contribution in [1.29, 1.82) is 0 Å². The predicted octanol–water partition coefficient (Wildman–Crippen LogP) is 3.19. The number of halogens is 3. The fraction of sp³-hybridized carbons (Fsp3) is 0.444. The normalized spacial score (nSPS) is 21.1. The molecular formula is C27H32F3N5O7S. The molecule has 2 aliphatic heterocycles. The third kappa shape index (κ3) is 6.12. The van der Waals surface area contributed by atoms with E-state index in [1.54, 1.807) is 26.3 Å². The largest absolute Gasteiger partial charge is 0.457 e. The van der Waals surface area contributed by atoms with E-state index in [4.69, 9.17) is 4.74 Å². The van der Waals surface area contributed by atoms with Gasteiger partial charge in [0.1, 0.15) is 23.1 Å². The van der Waals surface area contributed by atoms with Crippen molar-refractivity contribution >= 4 is 33.6 Å². The number of sulfonamides is 1. The number of hydrogen-bond donors (Lipinski definition) is 2. The zero-order chi connectivity index (χ0) is 32.1. The van der Waals surface area contributed by atoms with Gasteiger partial charge in [-0.3, -0.25) is 28.9 Å². The number of hydroxylamine groups is 1. The molecule has 0 saturated carbocycles. The van der Waals surface area contributed by atoms with Crippen molar-refractivity contribution in [3.05, 3.63) is 53.6 Å². The third-order valence-corrected chi connectivity index (χ3v) is 9.06. The smallest absolute Gasteiger partial charge is 0.416 e. The number of nitrogens with zero attached hydrogens (tertiary/aromatic N) is 4. The van der Waals surface area contributed by atoms with E-state index >= 15 is 0 Å². The number of hydrogen-bond acceptors (Lipinski definition) is 8. The fourth-order valence-corrected chi connectivity index (χ4v) is 6.05. The third-order valence-electron chi connectivity index (χ3n) is 7.90. The average molecular weight is 628 g/mol. The van der Waals surface area contributed by atoms with E-state index in [-0.39, 0.29) is 30.3 Å². The molecule has 2 aromatic carbocycles. The molecule has 2 N–H and O–H groups in total. The van der Waals surface area contributed by atoms with E-state index in [0.717, 1.165) is 39.7 Å². The highest BCUT2D eigenvalue weighted by Crippen LogP contribution is 2.40. The van der Waals surface area contributed by atoms with Gasteiger partial charge >= 0.3 is 12.2 Å². The Morgan fingerprint density at radius 2 is 1.74 bits per heavy atom. The number of benzene rings is 2. The Hall–Kier alpha value is -3.89. The first kappa shape index (κ1) is 32.0. The summed E-state index contributed by atoms with van der Waals surface area (Å²) in [5, 5.41) is 9.57. The summed E-state index contributed by atoms with van der Waals surface area (Å²) < 4.78 is 71.8. The first-order valence-corrected chi connectivity index (χ1v) is 15.0. The number of carbonyl (C=O) groups is 3. The molecule has 4 amide bonds. The monoisotopic (exact) mass is 627 g/mol. The second kappa shape index (κ2) is 11.3. The van der Waals surface area contributed by atoms with Gasteiger partial charge in [-0.2, -0.15) is 13.2 Å². The number of alkyl halides is 3. The zero-order valence-electron chi connectivity index (χ0n) is 24.0. The predicted molar refractivity (Wildman–Crippen MR) is 148 cm³/mol. The molecule has 0 radical (unpaired) electrons. The highest BCUT2D eigenvalue weighted by Gasteiger charge is 2.49. The highest BCUT2D eigenvalue weighted by atomic mass is 32.2. The van der Waals surface area contributed by atoms with Crippen molar-refractivity contribution in [3.63, 3.8) is 0 Å². The molecule has 2 atom stereocenters. The van der Waals surface area contributed by atoms with Crippen LogP contribution in [0.3, 0.4) is 0 Å². The number of amides is 4. The molecule has 1 unspecified atom stereocenters. The molecule has 16 heteroatoms. The van der Waals surface area contributed by atoms with Gasteiger partial charge in [-0.15, -0.1) is 0 Å².